The van der Waals surface area contributed by atoms with Crippen molar-refractivity contribution in [2.75, 3.05) is 6.61 Å². The summed E-state index contributed by atoms with van der Waals surface area (Å²) in [5, 5.41) is 19.1. The lowest BCUT2D eigenvalue weighted by Gasteiger charge is -2.36. The van der Waals surface area contributed by atoms with E-state index in [0.29, 0.717) is 6.42 Å². The molecule has 2 fully saturated rings. The zero-order chi connectivity index (χ0) is 19.0. The van der Waals surface area contributed by atoms with Gasteiger partial charge in [0.2, 0.25) is 0 Å². The van der Waals surface area contributed by atoms with E-state index in [2.05, 4.69) is 0 Å². The first-order valence-corrected chi connectivity index (χ1v) is 9.25. The van der Waals surface area contributed by atoms with Gasteiger partial charge in [-0.15, -0.1) is 0 Å². The summed E-state index contributed by atoms with van der Waals surface area (Å²) in [6.07, 6.45) is 3.13. The van der Waals surface area contributed by atoms with E-state index in [1.807, 2.05) is 36.4 Å². The fraction of sp³-hybridized carbons (Fsp3) is 0.364. The molecule has 2 aromatic carbocycles. The normalized spacial score (nSPS) is 26.2. The van der Waals surface area contributed by atoms with Gasteiger partial charge in [-0.05, 0) is 49.4 Å². The maximum atomic E-state index is 14.4. The molecule has 2 saturated heterocycles. The molecule has 0 aliphatic carbocycles. The second-order valence-electron chi connectivity index (χ2n) is 7.65. The molecular weight excluding hydrogens is 343 g/mol. The minimum Gasteiger partial charge on any atom is -0.396 e. The van der Waals surface area contributed by atoms with Crippen molar-refractivity contribution in [3.8, 4) is 6.07 Å². The molecule has 3 atom stereocenters. The Hall–Kier alpha value is -2.71. The first-order valence-electron chi connectivity index (χ1n) is 9.25. The topological polar surface area (TPSA) is 64.3 Å². The quantitative estimate of drug-likeness (QED) is 0.905. The lowest BCUT2D eigenvalue weighted by molar-refractivity contribution is 0.0567. The molecule has 2 aliphatic heterocycles. The number of benzene rings is 2. The van der Waals surface area contributed by atoms with Crippen LogP contribution in [-0.4, -0.2) is 34.6 Å². The van der Waals surface area contributed by atoms with Crippen molar-refractivity contribution in [1.29, 1.82) is 5.26 Å². The van der Waals surface area contributed by atoms with Gasteiger partial charge < -0.3 is 10.0 Å². The molecule has 1 N–H and O–H groups in total. The maximum Gasteiger partial charge on any atom is 0.257 e. The van der Waals surface area contributed by atoms with Gasteiger partial charge in [-0.2, -0.15) is 5.26 Å². The number of hydrogen-bond donors (Lipinski definition) is 1. The highest BCUT2D eigenvalue weighted by atomic mass is 19.1. The third kappa shape index (κ3) is 2.90. The van der Waals surface area contributed by atoms with Crippen LogP contribution in [0.2, 0.25) is 0 Å². The Morgan fingerprint density at radius 2 is 2.04 bits per heavy atom. The summed E-state index contributed by atoms with van der Waals surface area (Å²) in [6.45, 7) is 0.00267. The summed E-state index contributed by atoms with van der Waals surface area (Å²) in [4.78, 5) is 14.9. The SMILES string of the molecule is N#Cc1ccc(C(=O)N2[C@@H]3CC[C@H]2[C@](CO)(Cc2ccccc2)C3)c(F)c1. The highest BCUT2D eigenvalue weighted by molar-refractivity contribution is 5.95. The van der Waals surface area contributed by atoms with E-state index < -0.39 is 5.82 Å². The fourth-order valence-corrected chi connectivity index (χ4v) is 4.91. The van der Waals surface area contributed by atoms with E-state index in [1.165, 1.54) is 12.1 Å². The van der Waals surface area contributed by atoms with Gasteiger partial charge in [-0.1, -0.05) is 30.3 Å². The van der Waals surface area contributed by atoms with Crippen LogP contribution < -0.4 is 0 Å². The van der Waals surface area contributed by atoms with Crippen LogP contribution in [0.25, 0.3) is 0 Å². The largest absolute Gasteiger partial charge is 0.396 e. The average Bonchev–Trinajstić information content (AvgIpc) is 3.24. The zero-order valence-electron chi connectivity index (χ0n) is 14.9. The first-order chi connectivity index (χ1) is 13.1. The monoisotopic (exact) mass is 364 g/mol. The zero-order valence-corrected chi connectivity index (χ0v) is 14.9. The number of hydrogen-bond acceptors (Lipinski definition) is 3. The van der Waals surface area contributed by atoms with Crippen molar-refractivity contribution < 1.29 is 14.3 Å². The molecular formula is C22H21FN2O2. The number of fused-ring (bicyclic) bond motifs is 2. The summed E-state index contributed by atoms with van der Waals surface area (Å²) in [6, 6.07) is 15.8. The number of nitrogens with zero attached hydrogens (tertiary/aromatic N) is 2. The third-order valence-electron chi connectivity index (χ3n) is 6.13. The van der Waals surface area contributed by atoms with E-state index in [-0.39, 0.29) is 41.1 Å². The Labute approximate surface area is 157 Å². The Bertz CT molecular complexity index is 908. The summed E-state index contributed by atoms with van der Waals surface area (Å²) in [5.74, 6) is -1.00. The molecule has 2 aromatic rings. The van der Waals surface area contributed by atoms with Gasteiger partial charge in [0.1, 0.15) is 5.82 Å². The molecule has 0 spiro atoms. The summed E-state index contributed by atoms with van der Waals surface area (Å²) in [5.41, 5.74) is 0.945. The van der Waals surface area contributed by atoms with Crippen LogP contribution in [0.4, 0.5) is 4.39 Å². The predicted molar refractivity (Wildman–Crippen MR) is 98.4 cm³/mol. The van der Waals surface area contributed by atoms with E-state index in [0.717, 1.165) is 30.9 Å². The molecule has 0 saturated carbocycles. The highest BCUT2D eigenvalue weighted by Gasteiger charge is 2.57. The van der Waals surface area contributed by atoms with Gasteiger partial charge in [0.05, 0.1) is 23.8 Å². The Kier molecular flexibility index (Phi) is 4.45. The van der Waals surface area contributed by atoms with Crippen molar-refractivity contribution in [3.05, 3.63) is 71.0 Å². The third-order valence-corrected chi connectivity index (χ3v) is 6.13. The number of carbonyl (C=O) groups excluding carboxylic acids is 1. The van der Waals surface area contributed by atoms with Crippen LogP contribution in [0.5, 0.6) is 0 Å². The molecule has 138 valence electrons. The van der Waals surface area contributed by atoms with Crippen LogP contribution in [0, 0.1) is 22.6 Å². The second kappa shape index (κ2) is 6.79. The van der Waals surface area contributed by atoms with Gasteiger partial charge in [0.15, 0.2) is 0 Å². The van der Waals surface area contributed by atoms with E-state index in [1.54, 1.807) is 4.90 Å². The molecule has 27 heavy (non-hydrogen) atoms. The molecule has 2 heterocycles. The Morgan fingerprint density at radius 3 is 2.70 bits per heavy atom. The molecule has 1 amide bonds. The molecule has 5 heteroatoms. The van der Waals surface area contributed by atoms with Crippen LogP contribution in [0.1, 0.15) is 40.7 Å². The summed E-state index contributed by atoms with van der Waals surface area (Å²) >= 11 is 0. The minimum atomic E-state index is -0.664. The number of amides is 1. The van der Waals surface area contributed by atoms with Crippen molar-refractivity contribution in [3.63, 3.8) is 0 Å². The van der Waals surface area contributed by atoms with Crippen molar-refractivity contribution in [2.24, 2.45) is 5.41 Å². The molecule has 4 rings (SSSR count). The van der Waals surface area contributed by atoms with Crippen LogP contribution in [0.15, 0.2) is 48.5 Å². The number of aliphatic hydroxyl groups excluding tert-OH is 1. The molecule has 0 radical (unpaired) electrons. The highest BCUT2D eigenvalue weighted by Crippen LogP contribution is 2.51. The van der Waals surface area contributed by atoms with E-state index >= 15 is 0 Å². The number of aliphatic hydroxyl groups is 1. The lowest BCUT2D eigenvalue weighted by atomic mass is 9.70. The predicted octanol–water partition coefficient (Wildman–Crippen LogP) is 3.30. The fourth-order valence-electron chi connectivity index (χ4n) is 4.91. The van der Waals surface area contributed by atoms with Gasteiger partial charge in [-0.25, -0.2) is 4.39 Å². The summed E-state index contributed by atoms with van der Waals surface area (Å²) in [7, 11) is 0. The van der Waals surface area contributed by atoms with Gasteiger partial charge in [-0.3, -0.25) is 4.79 Å². The first kappa shape index (κ1) is 17.7. The number of nitriles is 1. The minimum absolute atomic E-state index is 0.000601. The van der Waals surface area contributed by atoms with Crippen molar-refractivity contribution >= 4 is 5.91 Å². The molecule has 0 unspecified atom stereocenters. The number of halogens is 1. The Morgan fingerprint density at radius 1 is 1.26 bits per heavy atom. The second-order valence-corrected chi connectivity index (χ2v) is 7.65. The smallest absolute Gasteiger partial charge is 0.257 e. The van der Waals surface area contributed by atoms with E-state index in [4.69, 9.17) is 5.26 Å². The van der Waals surface area contributed by atoms with Crippen molar-refractivity contribution in [1.82, 2.24) is 4.90 Å². The maximum absolute atomic E-state index is 14.4. The van der Waals surface area contributed by atoms with Gasteiger partial charge in [0.25, 0.3) is 5.91 Å². The summed E-state index contributed by atoms with van der Waals surface area (Å²) < 4.78 is 14.4. The standard InChI is InChI=1S/C22H21FN2O2/c23-19-10-16(13-24)6-8-18(19)21(27)25-17-7-9-20(25)22(12-17,14-26)11-15-4-2-1-3-5-15/h1-6,8,10,17,20,26H,7,9,11-12,14H2/t17-,20+,22-/m1/s1. The lowest BCUT2D eigenvalue weighted by Crippen LogP contribution is -2.44. The van der Waals surface area contributed by atoms with E-state index in [9.17, 15) is 14.3 Å². The van der Waals surface area contributed by atoms with Crippen LogP contribution in [0.3, 0.4) is 0 Å². The van der Waals surface area contributed by atoms with Crippen molar-refractivity contribution in [2.45, 2.75) is 37.8 Å². The molecule has 0 aromatic heterocycles. The van der Waals surface area contributed by atoms with Crippen LogP contribution in [-0.2, 0) is 6.42 Å². The average molecular weight is 364 g/mol. The number of rotatable bonds is 4. The molecule has 4 nitrogen and oxygen atoms in total. The van der Waals surface area contributed by atoms with Gasteiger partial charge in [0, 0.05) is 17.5 Å². The van der Waals surface area contributed by atoms with Gasteiger partial charge >= 0.3 is 0 Å². The van der Waals surface area contributed by atoms with Crippen LogP contribution >= 0.6 is 0 Å². The number of carbonyl (C=O) groups is 1. The molecule has 2 bridgehead atoms. The Balaban J connectivity index is 1.63. The molecule has 2 aliphatic rings.